The lowest BCUT2D eigenvalue weighted by Gasteiger charge is -2.22. The van der Waals surface area contributed by atoms with Crippen molar-refractivity contribution in [2.75, 3.05) is 6.54 Å². The minimum absolute atomic E-state index is 0.113. The molecule has 2 atom stereocenters. The fourth-order valence-corrected chi connectivity index (χ4v) is 3.52. The SMILES string of the molecule is C#C.C[C@H]1CCCN1C(N)=N/C(=N\C1C=C(C2CC2)NN1)c1ccc[nH]1.N/C=C\C(N)=NC=O. The zero-order chi connectivity index (χ0) is 24.9. The molecular formula is C23H34N10O. The molecule has 2 fully saturated rings. The number of nitrogens with one attached hydrogen (secondary N) is 3. The highest BCUT2D eigenvalue weighted by Gasteiger charge is 2.30. The molecule has 4 rings (SSSR count). The Balaban J connectivity index is 0.000000350. The van der Waals surface area contributed by atoms with E-state index in [-0.39, 0.29) is 12.0 Å². The molecule has 182 valence electrons. The second kappa shape index (κ2) is 13.5. The van der Waals surface area contributed by atoms with Crippen molar-refractivity contribution in [1.29, 1.82) is 0 Å². The third kappa shape index (κ3) is 7.83. The first-order valence-electron chi connectivity index (χ1n) is 11.1. The Kier molecular flexibility index (Phi) is 10.4. The summed E-state index contributed by atoms with van der Waals surface area (Å²) in [6.45, 7) is 3.15. The van der Waals surface area contributed by atoms with Crippen molar-refractivity contribution in [1.82, 2.24) is 20.7 Å². The van der Waals surface area contributed by atoms with Crippen LogP contribution in [0.3, 0.4) is 0 Å². The molecule has 11 heteroatoms. The van der Waals surface area contributed by atoms with E-state index < -0.39 is 0 Å². The van der Waals surface area contributed by atoms with Crippen LogP contribution in [0.1, 0.15) is 38.3 Å². The number of H-pyrrole nitrogens is 1. The van der Waals surface area contributed by atoms with Gasteiger partial charge in [0, 0.05) is 24.5 Å². The predicted octanol–water partition coefficient (Wildman–Crippen LogP) is 0.510. The van der Waals surface area contributed by atoms with Crippen molar-refractivity contribution >= 4 is 24.0 Å². The number of amidine groups is 2. The molecule has 0 radical (unpaired) electrons. The first kappa shape index (κ1) is 26.2. The Morgan fingerprint density at radius 3 is 2.59 bits per heavy atom. The number of likely N-dealkylation sites (tertiary alicyclic amines) is 1. The number of aromatic amines is 1. The number of aromatic nitrogens is 1. The van der Waals surface area contributed by atoms with Crippen LogP contribution >= 0.6 is 0 Å². The number of rotatable bonds is 5. The molecule has 1 aromatic heterocycles. The van der Waals surface area contributed by atoms with Gasteiger partial charge < -0.3 is 32.5 Å². The Labute approximate surface area is 200 Å². The van der Waals surface area contributed by atoms with Crippen LogP contribution in [-0.4, -0.2) is 52.7 Å². The molecule has 9 N–H and O–H groups in total. The van der Waals surface area contributed by atoms with Crippen LogP contribution in [0.25, 0.3) is 0 Å². The van der Waals surface area contributed by atoms with Gasteiger partial charge in [0.15, 0.2) is 11.8 Å². The summed E-state index contributed by atoms with van der Waals surface area (Å²) in [6.07, 6.45) is 19.6. The minimum atomic E-state index is -0.119. The number of allylic oxidation sites excluding steroid dienone is 1. The van der Waals surface area contributed by atoms with Crippen molar-refractivity contribution in [2.24, 2.45) is 38.1 Å². The summed E-state index contributed by atoms with van der Waals surface area (Å²) >= 11 is 0. The third-order valence-electron chi connectivity index (χ3n) is 5.36. The first-order valence-corrected chi connectivity index (χ1v) is 11.1. The number of hydrogen-bond acceptors (Lipinski definition) is 5. The largest absolute Gasteiger partial charge is 0.404 e. The van der Waals surface area contributed by atoms with Gasteiger partial charge >= 0.3 is 0 Å². The topological polar surface area (TPSA) is 175 Å². The molecule has 34 heavy (non-hydrogen) atoms. The van der Waals surface area contributed by atoms with E-state index in [0.717, 1.165) is 25.1 Å². The van der Waals surface area contributed by atoms with Gasteiger partial charge in [-0.2, -0.15) is 9.98 Å². The van der Waals surface area contributed by atoms with Gasteiger partial charge in [-0.05, 0) is 69.0 Å². The summed E-state index contributed by atoms with van der Waals surface area (Å²) < 4.78 is 0. The van der Waals surface area contributed by atoms with E-state index in [1.54, 1.807) is 0 Å². The molecule has 1 amide bonds. The molecule has 1 aliphatic carbocycles. The Hall–Kier alpha value is -4.04. The highest BCUT2D eigenvalue weighted by molar-refractivity contribution is 6.04. The average Bonchev–Trinajstić information content (AvgIpc) is 3.21. The Morgan fingerprint density at radius 2 is 2.03 bits per heavy atom. The lowest BCUT2D eigenvalue weighted by Crippen LogP contribution is -2.40. The molecule has 0 bridgehead atoms. The minimum Gasteiger partial charge on any atom is -0.404 e. The average molecular weight is 467 g/mol. The molecule has 1 aromatic rings. The number of carbonyl (C=O) groups excluding carboxylic acids is 1. The van der Waals surface area contributed by atoms with Gasteiger partial charge in [-0.15, -0.1) is 12.8 Å². The fraction of sp³-hybridized carbons (Fsp3) is 0.391. The van der Waals surface area contributed by atoms with Gasteiger partial charge in [0.2, 0.25) is 6.41 Å². The van der Waals surface area contributed by atoms with Crippen molar-refractivity contribution < 1.29 is 4.79 Å². The first-order chi connectivity index (χ1) is 16.5. The quantitative estimate of drug-likeness (QED) is 0.158. The summed E-state index contributed by atoms with van der Waals surface area (Å²) in [6, 6.07) is 4.35. The predicted molar refractivity (Wildman–Crippen MR) is 136 cm³/mol. The summed E-state index contributed by atoms with van der Waals surface area (Å²) in [5, 5.41) is 0. The second-order valence-corrected chi connectivity index (χ2v) is 7.82. The third-order valence-corrected chi connectivity index (χ3v) is 5.36. The van der Waals surface area contributed by atoms with Gasteiger partial charge in [0.05, 0.1) is 5.69 Å². The number of guanidine groups is 1. The number of hydrogen-bond donors (Lipinski definition) is 6. The lowest BCUT2D eigenvalue weighted by molar-refractivity contribution is -0.106. The van der Waals surface area contributed by atoms with E-state index >= 15 is 0 Å². The summed E-state index contributed by atoms with van der Waals surface area (Å²) in [5.41, 5.74) is 24.8. The van der Waals surface area contributed by atoms with E-state index in [4.69, 9.17) is 22.2 Å². The van der Waals surface area contributed by atoms with Crippen molar-refractivity contribution in [3.8, 4) is 12.8 Å². The van der Waals surface area contributed by atoms with Crippen molar-refractivity contribution in [3.63, 3.8) is 0 Å². The number of nitrogens with zero attached hydrogens (tertiary/aromatic N) is 4. The van der Waals surface area contributed by atoms with Crippen LogP contribution < -0.4 is 28.1 Å². The highest BCUT2D eigenvalue weighted by atomic mass is 16.1. The van der Waals surface area contributed by atoms with Gasteiger partial charge in [-0.1, -0.05) is 0 Å². The molecule has 3 heterocycles. The number of hydrazine groups is 1. The second-order valence-electron chi connectivity index (χ2n) is 7.82. The van der Waals surface area contributed by atoms with Crippen LogP contribution in [0.2, 0.25) is 0 Å². The number of carbonyl (C=O) groups is 1. The maximum atomic E-state index is 9.55. The van der Waals surface area contributed by atoms with Crippen molar-refractivity contribution in [3.05, 3.63) is 48.1 Å². The van der Waals surface area contributed by atoms with E-state index in [1.165, 1.54) is 30.8 Å². The van der Waals surface area contributed by atoms with Crippen molar-refractivity contribution in [2.45, 2.75) is 44.8 Å². The molecule has 1 saturated carbocycles. The molecule has 2 aliphatic heterocycles. The van der Waals surface area contributed by atoms with Crippen LogP contribution in [0.15, 0.2) is 57.4 Å². The van der Waals surface area contributed by atoms with E-state index in [1.807, 2.05) is 18.3 Å². The molecule has 1 unspecified atom stereocenters. The summed E-state index contributed by atoms with van der Waals surface area (Å²) in [7, 11) is 0. The maximum absolute atomic E-state index is 9.55. The zero-order valence-electron chi connectivity index (χ0n) is 19.4. The normalized spacial score (nSPS) is 22.9. The van der Waals surface area contributed by atoms with Gasteiger partial charge in [0.1, 0.15) is 12.0 Å². The molecule has 0 aromatic carbocycles. The molecular weight excluding hydrogens is 432 g/mol. The lowest BCUT2D eigenvalue weighted by atomic mass is 10.2. The smallest absolute Gasteiger partial charge is 0.234 e. The number of aliphatic imine (C=N–C) groups is 3. The van der Waals surface area contributed by atoms with E-state index in [2.05, 4.69) is 56.6 Å². The fourth-order valence-electron chi connectivity index (χ4n) is 3.52. The number of terminal acetylenes is 1. The highest BCUT2D eigenvalue weighted by Crippen LogP contribution is 2.36. The molecule has 3 aliphatic rings. The van der Waals surface area contributed by atoms with E-state index in [0.29, 0.717) is 30.2 Å². The summed E-state index contributed by atoms with van der Waals surface area (Å²) in [4.78, 5) is 27.4. The monoisotopic (exact) mass is 466 g/mol. The van der Waals surface area contributed by atoms with Crippen LogP contribution in [-0.2, 0) is 4.79 Å². The van der Waals surface area contributed by atoms with Crippen LogP contribution in [0.4, 0.5) is 0 Å². The van der Waals surface area contributed by atoms with E-state index in [9.17, 15) is 4.79 Å². The maximum Gasteiger partial charge on any atom is 0.234 e. The van der Waals surface area contributed by atoms with Gasteiger partial charge in [-0.25, -0.2) is 10.4 Å². The molecule has 11 nitrogen and oxygen atoms in total. The van der Waals surface area contributed by atoms with Crippen LogP contribution in [0.5, 0.6) is 0 Å². The zero-order valence-corrected chi connectivity index (χ0v) is 19.4. The van der Waals surface area contributed by atoms with Crippen LogP contribution in [0, 0.1) is 18.8 Å². The van der Waals surface area contributed by atoms with Gasteiger partial charge in [0.25, 0.3) is 0 Å². The Bertz CT molecular complexity index is 954. The number of amides is 1. The molecule has 0 spiro atoms. The summed E-state index contributed by atoms with van der Waals surface area (Å²) in [5.74, 6) is 1.96. The molecule has 1 saturated heterocycles. The Morgan fingerprint density at radius 1 is 1.26 bits per heavy atom. The standard InChI is InChI=1S/C17H25N7.C4H7N3O.C2H2/c1-11-4-3-9-24(11)17(18)21-16(13-5-2-8-19-13)20-15-10-14(22-23-15)12-6-7-12;5-2-1-4(6)7-3-8;1-2/h2,5,8,10-12,15,19,22-23H,3-4,6-7,9H2,1H3,(H2,18,20,21);1-3H,5H2,(H2,6,7,8);1-2H/b;2-1-;/t11-,15?;;/m0../s1. The van der Waals surface area contributed by atoms with Gasteiger partial charge in [-0.3, -0.25) is 4.79 Å². The number of nitrogens with two attached hydrogens (primary N) is 3.